The highest BCUT2D eigenvalue weighted by Gasteiger charge is 2.91. The second kappa shape index (κ2) is 20.0. The third kappa shape index (κ3) is 7.18. The number of carbonyl (C=O) groups excluding carboxylic acids is 12. The van der Waals surface area contributed by atoms with Crippen LogP contribution in [0.4, 0.5) is 19.2 Å². The topological polar surface area (TPSA) is 292 Å². The Kier molecular flexibility index (Phi) is 13.1. The van der Waals surface area contributed by atoms with E-state index in [1.54, 1.807) is 72.8 Å². The van der Waals surface area contributed by atoms with E-state index < -0.39 is 141 Å². The van der Waals surface area contributed by atoms with Crippen LogP contribution in [0.3, 0.4) is 0 Å². The number of rotatable bonds is 8. The number of para-hydroxylation sites is 4. The van der Waals surface area contributed by atoms with E-state index in [1.165, 1.54) is 24.3 Å². The first-order chi connectivity index (χ1) is 42.0. The molecule has 0 spiro atoms. The lowest BCUT2D eigenvalue weighted by molar-refractivity contribution is -0.210. The molecule has 0 unspecified atom stereocenters. The molecular formula is C64H60N4O20. The summed E-state index contributed by atoms with van der Waals surface area (Å²) in [6.07, 6.45) is -3.75. The summed E-state index contributed by atoms with van der Waals surface area (Å²) in [7, 11) is 0. The minimum Gasteiger partial charge on any atom is -0.447 e. The molecule has 24 nitrogen and oxygen atoms in total. The molecule has 6 fully saturated rings. The van der Waals surface area contributed by atoms with Crippen LogP contribution in [0.2, 0.25) is 0 Å². The Morgan fingerprint density at radius 1 is 0.330 bits per heavy atom. The zero-order valence-corrected chi connectivity index (χ0v) is 48.9. The highest BCUT2D eigenvalue weighted by molar-refractivity contribution is 6.24. The van der Waals surface area contributed by atoms with E-state index in [2.05, 4.69) is 0 Å². The third-order valence-corrected chi connectivity index (χ3v) is 19.7. The molecule has 24 heteroatoms. The lowest BCUT2D eigenvalue weighted by Gasteiger charge is -2.66. The van der Waals surface area contributed by atoms with E-state index in [1.807, 2.05) is 55.4 Å². The molecule has 0 N–H and O–H groups in total. The second-order valence-electron chi connectivity index (χ2n) is 25.2. The van der Waals surface area contributed by atoms with Gasteiger partial charge in [0.2, 0.25) is 0 Å². The van der Waals surface area contributed by atoms with E-state index in [9.17, 15) is 57.5 Å². The fraction of sp³-hybridized carbons (Fsp3) is 0.438. The Morgan fingerprint density at radius 3 is 0.693 bits per heavy atom. The maximum Gasteiger partial charge on any atom is 0.417 e. The average molecular weight is 1210 g/mol. The number of nitrogens with zero attached hydrogens (tertiary/aromatic N) is 4. The van der Waals surface area contributed by atoms with Gasteiger partial charge < -0.3 is 37.9 Å². The van der Waals surface area contributed by atoms with Crippen molar-refractivity contribution in [3.8, 4) is 23.0 Å². The summed E-state index contributed by atoms with van der Waals surface area (Å²) in [4.78, 5) is 174. The Labute approximate surface area is 502 Å². The first-order valence-corrected chi connectivity index (χ1v) is 29.2. The predicted molar refractivity (Wildman–Crippen MR) is 296 cm³/mol. The monoisotopic (exact) mass is 1200 g/mol. The zero-order valence-electron chi connectivity index (χ0n) is 48.9. The third-order valence-electron chi connectivity index (χ3n) is 19.7. The van der Waals surface area contributed by atoms with Gasteiger partial charge in [-0.1, -0.05) is 128 Å². The number of amides is 8. The Hall–Kier alpha value is -9.48. The number of fused-ring (bicyclic) bond motifs is 16. The van der Waals surface area contributed by atoms with Gasteiger partial charge in [0, 0.05) is 45.9 Å². The number of imide groups is 4. The van der Waals surface area contributed by atoms with Crippen molar-refractivity contribution in [2.24, 2.45) is 45.3 Å². The average Bonchev–Trinajstić information content (AvgIpc) is 0.674. The largest absolute Gasteiger partial charge is 0.447 e. The Morgan fingerprint density at radius 2 is 0.511 bits per heavy atom. The second-order valence-corrected chi connectivity index (χ2v) is 25.2. The first-order valence-electron chi connectivity index (χ1n) is 29.2. The predicted octanol–water partition coefficient (Wildman–Crippen LogP) is 6.77. The number of hydrogen-bond donors (Lipinski definition) is 0. The molecular weight excluding hydrogens is 1140 g/mol. The van der Waals surface area contributed by atoms with Gasteiger partial charge in [0.25, 0.3) is 23.6 Å². The van der Waals surface area contributed by atoms with E-state index >= 15 is 0 Å². The summed E-state index contributed by atoms with van der Waals surface area (Å²) in [5, 5.41) is 0. The van der Waals surface area contributed by atoms with Gasteiger partial charge in [-0.15, -0.1) is 0 Å². The minimum absolute atomic E-state index is 0.0528. The molecule has 8 amide bonds. The minimum atomic E-state index is -2.26. The van der Waals surface area contributed by atoms with Gasteiger partial charge in [-0.3, -0.25) is 38.4 Å². The van der Waals surface area contributed by atoms with E-state index in [0.717, 1.165) is 19.6 Å². The van der Waals surface area contributed by atoms with Crippen molar-refractivity contribution in [2.45, 2.75) is 103 Å². The number of esters is 4. The summed E-state index contributed by atoms with van der Waals surface area (Å²) in [6, 6.07) is 22.3. The van der Waals surface area contributed by atoms with Crippen LogP contribution in [0.25, 0.3) is 0 Å². The highest BCUT2D eigenvalue weighted by atomic mass is 16.6. The van der Waals surface area contributed by atoms with Gasteiger partial charge in [0.05, 0.1) is 24.2 Å². The Bertz CT molecular complexity index is 3310. The van der Waals surface area contributed by atoms with Crippen LogP contribution in [0.15, 0.2) is 97.1 Å². The quantitative estimate of drug-likeness (QED) is 0.0761. The standard InChI is InChI=1S/2C32H30N2O10/c2*1-15(2)19-13-41-29(39)33(19)25(35)31-23(17-9-5-7-11-21(17)43-27(31)37)32(26(36)34-20(16(3)4)14-42-30(34)40)24(31)18-10-6-8-12-22(18)44-28(32)38/h2*5-12,15-16,19-20,23-24H,13-14H2,1-4H3/t2*19-,20-,23?,24?,31?,32?/m11/s1. The number of cyclic esters (lactones) is 4. The summed E-state index contributed by atoms with van der Waals surface area (Å²) in [5.41, 5.74) is -8.13. The van der Waals surface area contributed by atoms with Gasteiger partial charge in [-0.25, -0.2) is 38.8 Å². The number of benzene rings is 4. The Balaban J connectivity index is 0.000000162. The van der Waals surface area contributed by atoms with Crippen LogP contribution < -0.4 is 18.9 Å². The zero-order chi connectivity index (χ0) is 62.6. The molecule has 0 bridgehead atoms. The van der Waals surface area contributed by atoms with Crippen LogP contribution in [0, 0.1) is 45.3 Å². The first kappa shape index (κ1) is 57.6. The molecule has 14 rings (SSSR count). The summed E-state index contributed by atoms with van der Waals surface area (Å²) >= 11 is 0. The molecule has 2 saturated carbocycles. The smallest absolute Gasteiger partial charge is 0.417 e. The van der Waals surface area contributed by atoms with Gasteiger partial charge in [0.1, 0.15) is 49.4 Å². The molecule has 2 aliphatic carbocycles. The van der Waals surface area contributed by atoms with Crippen molar-refractivity contribution < 1.29 is 95.4 Å². The molecule has 0 radical (unpaired) electrons. The molecule has 4 aromatic rings. The van der Waals surface area contributed by atoms with E-state index in [0.29, 0.717) is 0 Å². The number of ether oxygens (including phenoxy) is 8. The molecule has 0 aromatic heterocycles. The molecule has 4 saturated heterocycles. The fourth-order valence-corrected chi connectivity index (χ4v) is 15.6. The van der Waals surface area contributed by atoms with Gasteiger partial charge in [0.15, 0.2) is 21.7 Å². The molecule has 8 heterocycles. The molecule has 88 heavy (non-hydrogen) atoms. The molecule has 4 aromatic carbocycles. The SMILES string of the molecule is CC(C)[C@H]1COC(=O)N1C(=O)C12C(=O)Oc3ccccc3C1C1(C(=O)N3C(=O)OC[C@@H]3C(C)C)C(=O)Oc3ccccc3C21.CC(C)[C@H]1COC(=O)N1C(=O)C12C(=O)Oc3ccccc3C1C1(C(=O)N3C(=O)OC[C@@H]3C(C)C)C(=O)Oc3ccccc3C21. The molecule has 8 aliphatic heterocycles. The maximum atomic E-state index is 15.0. The lowest BCUT2D eigenvalue weighted by atomic mass is 9.34. The van der Waals surface area contributed by atoms with Gasteiger partial charge in [-0.05, 0) is 47.9 Å². The molecule has 4 atom stereocenters. The van der Waals surface area contributed by atoms with Crippen LogP contribution in [0.1, 0.15) is 101 Å². The van der Waals surface area contributed by atoms with Gasteiger partial charge >= 0.3 is 48.3 Å². The number of carbonyl (C=O) groups is 12. The molecule has 456 valence electrons. The van der Waals surface area contributed by atoms with Crippen LogP contribution in [0.5, 0.6) is 23.0 Å². The van der Waals surface area contributed by atoms with Crippen molar-refractivity contribution in [2.75, 3.05) is 26.4 Å². The van der Waals surface area contributed by atoms with Crippen LogP contribution in [-0.4, -0.2) is 142 Å². The lowest BCUT2D eigenvalue weighted by Crippen LogP contribution is -2.80. The fourth-order valence-electron chi connectivity index (χ4n) is 15.6. The van der Waals surface area contributed by atoms with Crippen LogP contribution >= 0.6 is 0 Å². The van der Waals surface area contributed by atoms with Gasteiger partial charge in [-0.2, -0.15) is 0 Å². The highest BCUT2D eigenvalue weighted by Crippen LogP contribution is 2.80. The number of hydrogen-bond acceptors (Lipinski definition) is 20. The normalized spacial score (nSPS) is 31.7. The van der Waals surface area contributed by atoms with Crippen molar-refractivity contribution in [3.63, 3.8) is 0 Å². The van der Waals surface area contributed by atoms with E-state index in [-0.39, 0.29) is 95.4 Å². The summed E-state index contributed by atoms with van der Waals surface area (Å²) < 4.78 is 44.3. The van der Waals surface area contributed by atoms with Crippen molar-refractivity contribution in [3.05, 3.63) is 119 Å². The summed E-state index contributed by atoms with van der Waals surface area (Å²) in [5.74, 6) is -14.5. The van der Waals surface area contributed by atoms with Crippen molar-refractivity contribution in [1.82, 2.24) is 19.6 Å². The maximum absolute atomic E-state index is 15.0. The van der Waals surface area contributed by atoms with E-state index in [4.69, 9.17) is 37.9 Å². The van der Waals surface area contributed by atoms with Crippen molar-refractivity contribution >= 4 is 71.9 Å². The van der Waals surface area contributed by atoms with Crippen molar-refractivity contribution in [1.29, 1.82) is 0 Å². The van der Waals surface area contributed by atoms with Crippen LogP contribution in [-0.2, 0) is 57.3 Å². The summed E-state index contributed by atoms with van der Waals surface area (Å²) in [6.45, 7) is 14.1. The molecule has 10 aliphatic rings.